The van der Waals surface area contributed by atoms with Crippen molar-refractivity contribution in [1.29, 1.82) is 0 Å². The quantitative estimate of drug-likeness (QED) is 0.780. The number of tetrazole rings is 1. The zero-order valence-corrected chi connectivity index (χ0v) is 17.6. The van der Waals surface area contributed by atoms with E-state index in [0.29, 0.717) is 12.1 Å². The smallest absolute Gasteiger partial charge is 0.168 e. The van der Waals surface area contributed by atoms with Crippen LogP contribution in [0.15, 0.2) is 18.2 Å². The molecule has 0 unspecified atom stereocenters. The van der Waals surface area contributed by atoms with Gasteiger partial charge in [-0.3, -0.25) is 4.90 Å². The Morgan fingerprint density at radius 3 is 2.50 bits per heavy atom. The number of benzene rings is 1. The van der Waals surface area contributed by atoms with Gasteiger partial charge in [-0.1, -0.05) is 38.3 Å². The largest absolute Gasteiger partial charge is 0.369 e. The van der Waals surface area contributed by atoms with E-state index in [1.807, 2.05) is 0 Å². The van der Waals surface area contributed by atoms with Gasteiger partial charge >= 0.3 is 0 Å². The van der Waals surface area contributed by atoms with Crippen LogP contribution in [0, 0.1) is 13.8 Å². The Balaban J connectivity index is 1.46. The molecule has 0 amide bonds. The first-order chi connectivity index (χ1) is 13.7. The molecule has 1 aliphatic heterocycles. The third kappa shape index (κ3) is 3.93. The number of hydrogen-bond acceptors (Lipinski definition) is 5. The lowest BCUT2D eigenvalue weighted by Gasteiger charge is -2.40. The summed E-state index contributed by atoms with van der Waals surface area (Å²) in [6, 6.07) is 7.57. The maximum absolute atomic E-state index is 4.49. The number of aryl methyl sites for hydroxylation is 2. The molecule has 0 spiro atoms. The average Bonchev–Trinajstić information content (AvgIpc) is 3.21. The van der Waals surface area contributed by atoms with Crippen LogP contribution >= 0.6 is 0 Å². The van der Waals surface area contributed by atoms with Gasteiger partial charge in [0, 0.05) is 31.9 Å². The molecule has 1 aromatic carbocycles. The van der Waals surface area contributed by atoms with Crippen LogP contribution in [0.4, 0.5) is 5.69 Å². The standard InChI is InChI=1S/C22H34N6/c1-4-20(22-23-24-25-28(22)19-8-6-5-7-9-19)26-12-14-27(15-13-26)21-16-17(2)10-11-18(21)3/h10-11,16,19-20H,4-9,12-15H2,1-3H3/t20-/m0/s1. The van der Waals surface area contributed by atoms with Crippen LogP contribution in [0.3, 0.4) is 0 Å². The lowest BCUT2D eigenvalue weighted by Crippen LogP contribution is -2.48. The zero-order valence-electron chi connectivity index (χ0n) is 17.6. The second-order valence-electron chi connectivity index (χ2n) is 8.51. The van der Waals surface area contributed by atoms with Gasteiger partial charge in [0.1, 0.15) is 0 Å². The predicted octanol–water partition coefficient (Wildman–Crippen LogP) is 4.07. The number of aromatic nitrogens is 4. The highest BCUT2D eigenvalue weighted by molar-refractivity contribution is 5.55. The van der Waals surface area contributed by atoms with E-state index in [1.165, 1.54) is 48.9 Å². The topological polar surface area (TPSA) is 50.1 Å². The number of hydrogen-bond donors (Lipinski definition) is 0. The lowest BCUT2D eigenvalue weighted by molar-refractivity contribution is 0.163. The van der Waals surface area contributed by atoms with Crippen molar-refractivity contribution >= 4 is 5.69 Å². The Morgan fingerprint density at radius 1 is 1.04 bits per heavy atom. The monoisotopic (exact) mass is 382 g/mol. The molecule has 4 rings (SSSR count). The van der Waals surface area contributed by atoms with Crippen LogP contribution in [0.5, 0.6) is 0 Å². The van der Waals surface area contributed by atoms with Crippen LogP contribution in [0.1, 0.15) is 74.5 Å². The molecule has 0 N–H and O–H groups in total. The molecule has 2 aromatic rings. The van der Waals surface area contributed by atoms with Crippen LogP contribution in [-0.2, 0) is 0 Å². The minimum Gasteiger partial charge on any atom is -0.369 e. The van der Waals surface area contributed by atoms with Crippen molar-refractivity contribution in [1.82, 2.24) is 25.1 Å². The number of nitrogens with zero attached hydrogens (tertiary/aromatic N) is 6. The first kappa shape index (κ1) is 19.4. The second-order valence-corrected chi connectivity index (χ2v) is 8.51. The van der Waals surface area contributed by atoms with Gasteiger partial charge in [-0.15, -0.1) is 5.10 Å². The maximum Gasteiger partial charge on any atom is 0.168 e. The number of anilines is 1. The van der Waals surface area contributed by atoms with Gasteiger partial charge < -0.3 is 4.90 Å². The zero-order chi connectivity index (χ0) is 19.5. The Kier molecular flexibility index (Phi) is 5.95. The van der Waals surface area contributed by atoms with Crippen molar-refractivity contribution in [2.75, 3.05) is 31.1 Å². The summed E-state index contributed by atoms with van der Waals surface area (Å²) in [7, 11) is 0. The minimum atomic E-state index is 0.317. The van der Waals surface area contributed by atoms with Crippen LogP contribution in [-0.4, -0.2) is 51.3 Å². The Labute approximate surface area is 168 Å². The van der Waals surface area contributed by atoms with E-state index in [2.05, 4.69) is 69.0 Å². The van der Waals surface area contributed by atoms with Crippen molar-refractivity contribution in [3.8, 4) is 0 Å². The van der Waals surface area contributed by atoms with E-state index in [-0.39, 0.29) is 0 Å². The van der Waals surface area contributed by atoms with Gasteiger partial charge in [0.15, 0.2) is 5.82 Å². The molecule has 1 aromatic heterocycles. The van der Waals surface area contributed by atoms with Crippen molar-refractivity contribution in [3.05, 3.63) is 35.2 Å². The minimum absolute atomic E-state index is 0.317. The van der Waals surface area contributed by atoms with Crippen molar-refractivity contribution in [3.63, 3.8) is 0 Å². The molecule has 1 atom stereocenters. The average molecular weight is 383 g/mol. The highest BCUT2D eigenvalue weighted by atomic mass is 15.6. The highest BCUT2D eigenvalue weighted by Gasteiger charge is 2.30. The Bertz CT molecular complexity index is 771. The van der Waals surface area contributed by atoms with Gasteiger partial charge in [-0.05, 0) is 60.7 Å². The highest BCUT2D eigenvalue weighted by Crippen LogP contribution is 2.32. The molecule has 2 heterocycles. The predicted molar refractivity (Wildman–Crippen MR) is 113 cm³/mol. The van der Waals surface area contributed by atoms with E-state index >= 15 is 0 Å². The fourth-order valence-corrected chi connectivity index (χ4v) is 4.94. The third-order valence-corrected chi connectivity index (χ3v) is 6.58. The molecule has 0 radical (unpaired) electrons. The summed E-state index contributed by atoms with van der Waals surface area (Å²) in [5, 5.41) is 13.0. The molecule has 2 aliphatic rings. The van der Waals surface area contributed by atoms with Crippen molar-refractivity contribution in [2.45, 2.75) is 71.4 Å². The molecule has 0 bridgehead atoms. The SMILES string of the molecule is CC[C@@H](c1nnnn1C1CCCCC1)N1CCN(c2cc(C)ccc2C)CC1. The Hall–Kier alpha value is -1.95. The normalized spacial score (nSPS) is 20.5. The molecule has 2 fully saturated rings. The van der Waals surface area contributed by atoms with Crippen LogP contribution < -0.4 is 4.90 Å². The van der Waals surface area contributed by atoms with Gasteiger partial charge in [0.2, 0.25) is 0 Å². The van der Waals surface area contributed by atoms with Gasteiger partial charge in [-0.2, -0.15) is 0 Å². The van der Waals surface area contributed by atoms with E-state index in [0.717, 1.165) is 38.4 Å². The van der Waals surface area contributed by atoms with E-state index < -0.39 is 0 Å². The van der Waals surface area contributed by atoms with Crippen molar-refractivity contribution in [2.24, 2.45) is 0 Å². The summed E-state index contributed by atoms with van der Waals surface area (Å²) in [5.41, 5.74) is 4.09. The summed E-state index contributed by atoms with van der Waals surface area (Å²) in [5.74, 6) is 1.08. The molecule has 28 heavy (non-hydrogen) atoms. The summed E-state index contributed by atoms with van der Waals surface area (Å²) < 4.78 is 2.16. The molecule has 6 nitrogen and oxygen atoms in total. The molecule has 6 heteroatoms. The summed E-state index contributed by atoms with van der Waals surface area (Å²) >= 11 is 0. The van der Waals surface area contributed by atoms with E-state index in [4.69, 9.17) is 0 Å². The van der Waals surface area contributed by atoms with Crippen molar-refractivity contribution < 1.29 is 0 Å². The van der Waals surface area contributed by atoms with Crippen LogP contribution in [0.2, 0.25) is 0 Å². The summed E-state index contributed by atoms with van der Waals surface area (Å²) in [6.07, 6.45) is 7.44. The van der Waals surface area contributed by atoms with Gasteiger partial charge in [-0.25, -0.2) is 4.68 Å². The molecular weight excluding hydrogens is 348 g/mol. The fraction of sp³-hybridized carbons (Fsp3) is 0.682. The van der Waals surface area contributed by atoms with E-state index in [9.17, 15) is 0 Å². The fourth-order valence-electron chi connectivity index (χ4n) is 4.94. The second kappa shape index (κ2) is 8.60. The summed E-state index contributed by atoms with van der Waals surface area (Å²) in [4.78, 5) is 5.13. The molecule has 152 valence electrons. The molecule has 1 saturated heterocycles. The first-order valence-corrected chi connectivity index (χ1v) is 11.0. The maximum atomic E-state index is 4.49. The van der Waals surface area contributed by atoms with Crippen LogP contribution in [0.25, 0.3) is 0 Å². The molecular formula is C22H34N6. The van der Waals surface area contributed by atoms with Gasteiger partial charge in [0.25, 0.3) is 0 Å². The van der Waals surface area contributed by atoms with Gasteiger partial charge in [0.05, 0.1) is 12.1 Å². The molecule has 1 saturated carbocycles. The Morgan fingerprint density at radius 2 is 1.79 bits per heavy atom. The summed E-state index contributed by atoms with van der Waals surface area (Å²) in [6.45, 7) is 10.9. The first-order valence-electron chi connectivity index (χ1n) is 11.0. The number of piperazine rings is 1. The molecule has 1 aliphatic carbocycles. The van der Waals surface area contributed by atoms with E-state index in [1.54, 1.807) is 0 Å². The third-order valence-electron chi connectivity index (χ3n) is 6.58. The lowest BCUT2D eigenvalue weighted by atomic mass is 9.95. The number of rotatable bonds is 5.